The number of terminal acetylenes is 1. The van der Waals surface area contributed by atoms with E-state index in [9.17, 15) is 5.11 Å². The van der Waals surface area contributed by atoms with Gasteiger partial charge in [0.05, 0.1) is 35.6 Å². The third kappa shape index (κ3) is 1.47. The molecule has 0 bridgehead atoms. The third-order valence-corrected chi connectivity index (χ3v) is 2.33. The van der Waals surface area contributed by atoms with Crippen molar-refractivity contribution < 1.29 is 5.11 Å². The predicted molar refractivity (Wildman–Crippen MR) is 56.2 cm³/mol. The Labute approximate surface area is 87.6 Å². The fraction of sp³-hybridized carbons (Fsp3) is 0.273. The van der Waals surface area contributed by atoms with E-state index in [1.165, 1.54) is 0 Å². The molecule has 0 aliphatic heterocycles. The molecule has 2 heterocycles. The van der Waals surface area contributed by atoms with Gasteiger partial charge >= 0.3 is 0 Å². The monoisotopic (exact) mass is 201 g/mol. The second-order valence-electron chi connectivity index (χ2n) is 3.20. The summed E-state index contributed by atoms with van der Waals surface area (Å²) in [6.45, 7) is 1.97. The summed E-state index contributed by atoms with van der Waals surface area (Å²) in [4.78, 5) is 8.25. The number of imidazole rings is 1. The number of rotatable bonds is 2. The standard InChI is InChI=1S/C11H11N3O/c1-3-9-11(10(15)4-2)14-7-12-5-8(14)6-13-9/h2,5-7,10,15H,3H2,1H3/t10-/m1/s1. The Bertz CT molecular complexity index is 524. The van der Waals surface area contributed by atoms with Crippen molar-refractivity contribution in [1.82, 2.24) is 14.4 Å². The molecule has 76 valence electrons. The van der Waals surface area contributed by atoms with Crippen molar-refractivity contribution in [3.05, 3.63) is 30.1 Å². The van der Waals surface area contributed by atoms with Gasteiger partial charge in [-0.15, -0.1) is 6.42 Å². The lowest BCUT2D eigenvalue weighted by atomic mass is 10.1. The highest BCUT2D eigenvalue weighted by Gasteiger charge is 2.14. The predicted octanol–water partition coefficient (Wildman–Crippen LogP) is 0.958. The Morgan fingerprint density at radius 3 is 3.07 bits per heavy atom. The fourth-order valence-corrected chi connectivity index (χ4v) is 1.59. The largest absolute Gasteiger partial charge is 0.374 e. The minimum absolute atomic E-state index is 0.634. The number of aromatic nitrogens is 3. The van der Waals surface area contributed by atoms with Crippen molar-refractivity contribution in [2.24, 2.45) is 0 Å². The van der Waals surface area contributed by atoms with Crippen molar-refractivity contribution in [3.8, 4) is 12.3 Å². The van der Waals surface area contributed by atoms with Crippen LogP contribution in [0.2, 0.25) is 0 Å². The Morgan fingerprint density at radius 1 is 1.60 bits per heavy atom. The van der Waals surface area contributed by atoms with Gasteiger partial charge in [-0.1, -0.05) is 12.8 Å². The molecule has 0 spiro atoms. The lowest BCUT2D eigenvalue weighted by Gasteiger charge is -2.11. The number of aryl methyl sites for hydroxylation is 1. The summed E-state index contributed by atoms with van der Waals surface area (Å²) in [6, 6.07) is 0. The van der Waals surface area contributed by atoms with Crippen molar-refractivity contribution in [1.29, 1.82) is 0 Å². The smallest absolute Gasteiger partial charge is 0.156 e. The molecule has 4 nitrogen and oxygen atoms in total. The molecule has 2 rings (SSSR count). The molecule has 0 radical (unpaired) electrons. The Balaban J connectivity index is 2.75. The van der Waals surface area contributed by atoms with Gasteiger partial charge in [0.15, 0.2) is 6.10 Å². The molecule has 2 aromatic heterocycles. The molecular formula is C11H11N3O. The van der Waals surface area contributed by atoms with E-state index in [-0.39, 0.29) is 0 Å². The molecule has 0 saturated carbocycles. The van der Waals surface area contributed by atoms with E-state index >= 15 is 0 Å². The van der Waals surface area contributed by atoms with E-state index in [4.69, 9.17) is 6.42 Å². The first-order chi connectivity index (χ1) is 7.27. The first kappa shape index (κ1) is 9.69. The topological polar surface area (TPSA) is 50.4 Å². The number of nitrogens with zero attached hydrogens (tertiary/aromatic N) is 3. The Hall–Kier alpha value is -1.86. The molecule has 0 fully saturated rings. The van der Waals surface area contributed by atoms with Gasteiger partial charge < -0.3 is 5.11 Å². The molecule has 0 unspecified atom stereocenters. The maximum Gasteiger partial charge on any atom is 0.156 e. The molecule has 0 aliphatic carbocycles. The summed E-state index contributed by atoms with van der Waals surface area (Å²) < 4.78 is 1.77. The van der Waals surface area contributed by atoms with E-state index in [1.807, 2.05) is 6.92 Å². The average Bonchev–Trinajstić information content (AvgIpc) is 2.74. The van der Waals surface area contributed by atoms with Crippen LogP contribution < -0.4 is 0 Å². The summed E-state index contributed by atoms with van der Waals surface area (Å²) in [7, 11) is 0. The number of aliphatic hydroxyl groups excluding tert-OH is 1. The SMILES string of the molecule is C#C[C@@H](O)c1c(CC)ncc2cncn12. The van der Waals surface area contributed by atoms with Gasteiger partial charge in [-0.25, -0.2) is 4.98 Å². The fourth-order valence-electron chi connectivity index (χ4n) is 1.59. The molecule has 4 heteroatoms. The van der Waals surface area contributed by atoms with Crippen LogP contribution in [0.1, 0.15) is 24.4 Å². The molecule has 1 N–H and O–H groups in total. The lowest BCUT2D eigenvalue weighted by Crippen LogP contribution is -2.08. The van der Waals surface area contributed by atoms with Crippen LogP contribution in [-0.4, -0.2) is 19.5 Å². The summed E-state index contributed by atoms with van der Waals surface area (Å²) in [5, 5.41) is 9.73. The number of fused-ring (bicyclic) bond motifs is 1. The van der Waals surface area contributed by atoms with Crippen LogP contribution in [0.25, 0.3) is 5.52 Å². The van der Waals surface area contributed by atoms with Crippen molar-refractivity contribution in [2.75, 3.05) is 0 Å². The number of hydrogen-bond acceptors (Lipinski definition) is 3. The van der Waals surface area contributed by atoms with E-state index in [0.29, 0.717) is 5.69 Å². The third-order valence-electron chi connectivity index (χ3n) is 2.33. The van der Waals surface area contributed by atoms with Crippen LogP contribution in [0.3, 0.4) is 0 Å². The Morgan fingerprint density at radius 2 is 2.40 bits per heavy atom. The van der Waals surface area contributed by atoms with Crippen LogP contribution in [0.5, 0.6) is 0 Å². The maximum atomic E-state index is 9.73. The van der Waals surface area contributed by atoms with E-state index in [0.717, 1.165) is 17.6 Å². The van der Waals surface area contributed by atoms with Crippen LogP contribution >= 0.6 is 0 Å². The van der Waals surface area contributed by atoms with Crippen LogP contribution in [0.15, 0.2) is 18.7 Å². The average molecular weight is 201 g/mol. The molecule has 0 amide bonds. The van der Waals surface area contributed by atoms with Gasteiger partial charge in [0.1, 0.15) is 0 Å². The van der Waals surface area contributed by atoms with Crippen molar-refractivity contribution >= 4 is 5.52 Å². The summed E-state index contributed by atoms with van der Waals surface area (Å²) in [5.41, 5.74) is 2.26. The van der Waals surface area contributed by atoms with Gasteiger partial charge in [-0.3, -0.25) is 9.38 Å². The Kier molecular flexibility index (Phi) is 2.40. The molecule has 15 heavy (non-hydrogen) atoms. The zero-order chi connectivity index (χ0) is 10.8. The van der Waals surface area contributed by atoms with Gasteiger partial charge in [-0.05, 0) is 6.42 Å². The van der Waals surface area contributed by atoms with Gasteiger partial charge in [-0.2, -0.15) is 0 Å². The highest BCUT2D eigenvalue weighted by atomic mass is 16.3. The van der Waals surface area contributed by atoms with Crippen LogP contribution in [-0.2, 0) is 6.42 Å². The minimum Gasteiger partial charge on any atom is -0.374 e. The highest BCUT2D eigenvalue weighted by molar-refractivity contribution is 5.45. The second-order valence-corrected chi connectivity index (χ2v) is 3.20. The first-order valence-electron chi connectivity index (χ1n) is 4.72. The zero-order valence-electron chi connectivity index (χ0n) is 8.38. The van der Waals surface area contributed by atoms with Gasteiger partial charge in [0.25, 0.3) is 0 Å². The lowest BCUT2D eigenvalue weighted by molar-refractivity contribution is 0.230. The molecule has 2 aromatic rings. The maximum absolute atomic E-state index is 9.73. The van der Waals surface area contributed by atoms with E-state index in [1.54, 1.807) is 23.1 Å². The highest BCUT2D eigenvalue weighted by Crippen LogP contribution is 2.18. The first-order valence-corrected chi connectivity index (χ1v) is 4.72. The quantitative estimate of drug-likeness (QED) is 0.736. The summed E-state index contributed by atoms with van der Waals surface area (Å²) in [5.74, 6) is 2.30. The molecule has 1 atom stereocenters. The van der Waals surface area contributed by atoms with Crippen molar-refractivity contribution in [3.63, 3.8) is 0 Å². The van der Waals surface area contributed by atoms with E-state index in [2.05, 4.69) is 15.9 Å². The minimum atomic E-state index is -0.939. The summed E-state index contributed by atoms with van der Waals surface area (Å²) >= 11 is 0. The van der Waals surface area contributed by atoms with Gasteiger partial charge in [0, 0.05) is 0 Å². The number of aliphatic hydroxyl groups is 1. The molecule has 0 saturated heterocycles. The molecular weight excluding hydrogens is 190 g/mol. The normalized spacial score (nSPS) is 12.6. The number of hydrogen-bond donors (Lipinski definition) is 1. The van der Waals surface area contributed by atoms with Gasteiger partial charge in [0.2, 0.25) is 0 Å². The van der Waals surface area contributed by atoms with E-state index < -0.39 is 6.10 Å². The summed E-state index contributed by atoms with van der Waals surface area (Å²) in [6.07, 6.45) is 10.0. The zero-order valence-corrected chi connectivity index (χ0v) is 8.38. The molecule has 0 aliphatic rings. The van der Waals surface area contributed by atoms with Crippen LogP contribution in [0.4, 0.5) is 0 Å². The van der Waals surface area contributed by atoms with Crippen LogP contribution in [0, 0.1) is 12.3 Å². The second kappa shape index (κ2) is 3.71. The van der Waals surface area contributed by atoms with Crippen molar-refractivity contribution in [2.45, 2.75) is 19.4 Å². The molecule has 0 aromatic carbocycles.